The molecule has 4 heteroatoms. The Bertz CT molecular complexity index is 499. The molecule has 0 radical (unpaired) electrons. The van der Waals surface area contributed by atoms with E-state index in [1.165, 1.54) is 6.42 Å². The SMILES string of the molecule is CC1CC(C(=O)NCc2cccc(CO)n2)CC(C)(C)C1. The van der Waals surface area contributed by atoms with E-state index in [0.717, 1.165) is 18.5 Å². The van der Waals surface area contributed by atoms with Gasteiger partial charge < -0.3 is 10.4 Å². The van der Waals surface area contributed by atoms with Gasteiger partial charge >= 0.3 is 0 Å². The predicted octanol–water partition coefficient (Wildman–Crippen LogP) is 2.65. The minimum atomic E-state index is -0.0733. The molecule has 21 heavy (non-hydrogen) atoms. The second-order valence-corrected chi connectivity index (χ2v) is 7.11. The summed E-state index contributed by atoms with van der Waals surface area (Å²) in [5, 5.41) is 12.1. The molecule has 0 aromatic carbocycles. The fourth-order valence-corrected chi connectivity index (χ4v) is 3.58. The lowest BCUT2D eigenvalue weighted by Crippen LogP contribution is -2.38. The van der Waals surface area contributed by atoms with E-state index in [9.17, 15) is 4.79 Å². The van der Waals surface area contributed by atoms with Crippen LogP contribution in [0.25, 0.3) is 0 Å². The highest BCUT2D eigenvalue weighted by Crippen LogP contribution is 2.41. The lowest BCUT2D eigenvalue weighted by Gasteiger charge is -2.38. The van der Waals surface area contributed by atoms with Gasteiger partial charge in [-0.3, -0.25) is 9.78 Å². The summed E-state index contributed by atoms with van der Waals surface area (Å²) in [4.78, 5) is 16.7. The normalized spacial score (nSPS) is 24.6. The van der Waals surface area contributed by atoms with Gasteiger partial charge in [-0.05, 0) is 42.7 Å². The number of nitrogens with one attached hydrogen (secondary N) is 1. The van der Waals surface area contributed by atoms with E-state index in [-0.39, 0.29) is 23.8 Å². The summed E-state index contributed by atoms with van der Waals surface area (Å²) < 4.78 is 0. The molecule has 116 valence electrons. The first-order valence-electron chi connectivity index (χ1n) is 7.73. The highest BCUT2D eigenvalue weighted by molar-refractivity contribution is 5.78. The predicted molar refractivity (Wildman–Crippen MR) is 82.3 cm³/mol. The molecule has 0 spiro atoms. The number of pyridine rings is 1. The molecule has 0 bridgehead atoms. The van der Waals surface area contributed by atoms with Gasteiger partial charge in [0.1, 0.15) is 0 Å². The molecule has 2 N–H and O–H groups in total. The molecular weight excluding hydrogens is 264 g/mol. The maximum absolute atomic E-state index is 12.4. The van der Waals surface area contributed by atoms with E-state index in [1.54, 1.807) is 6.07 Å². The molecule has 2 unspecified atom stereocenters. The summed E-state index contributed by atoms with van der Waals surface area (Å²) in [5.74, 6) is 0.830. The lowest BCUT2D eigenvalue weighted by atomic mass is 9.68. The summed E-state index contributed by atoms with van der Waals surface area (Å²) in [5.41, 5.74) is 1.67. The Morgan fingerprint density at radius 3 is 2.76 bits per heavy atom. The Balaban J connectivity index is 1.92. The van der Waals surface area contributed by atoms with Crippen LogP contribution in [-0.2, 0) is 17.9 Å². The quantitative estimate of drug-likeness (QED) is 0.896. The molecule has 1 fully saturated rings. The fraction of sp³-hybridized carbons (Fsp3) is 0.647. The summed E-state index contributed by atoms with van der Waals surface area (Å²) in [6.45, 7) is 7.08. The van der Waals surface area contributed by atoms with Crippen molar-refractivity contribution in [3.63, 3.8) is 0 Å². The van der Waals surface area contributed by atoms with E-state index in [0.29, 0.717) is 18.2 Å². The smallest absolute Gasteiger partial charge is 0.223 e. The summed E-state index contributed by atoms with van der Waals surface area (Å²) in [7, 11) is 0. The Hall–Kier alpha value is -1.42. The highest BCUT2D eigenvalue weighted by Gasteiger charge is 2.35. The molecular formula is C17H26N2O2. The molecule has 1 aliphatic carbocycles. The van der Waals surface area contributed by atoms with Gasteiger partial charge in [-0.25, -0.2) is 0 Å². The molecule has 2 atom stereocenters. The standard InChI is InChI=1S/C17H26N2O2/c1-12-7-13(9-17(2,3)8-12)16(21)18-10-14-5-4-6-15(11-20)19-14/h4-6,12-13,20H,7-11H2,1-3H3,(H,18,21). The van der Waals surface area contributed by atoms with Crippen molar-refractivity contribution in [2.24, 2.45) is 17.3 Å². The first-order valence-corrected chi connectivity index (χ1v) is 7.73. The molecule has 1 amide bonds. The van der Waals surface area contributed by atoms with Crippen molar-refractivity contribution in [3.8, 4) is 0 Å². The number of carbonyl (C=O) groups is 1. The largest absolute Gasteiger partial charge is 0.390 e. The lowest BCUT2D eigenvalue weighted by molar-refractivity contribution is -0.128. The number of aromatic nitrogens is 1. The first kappa shape index (κ1) is 16.0. The van der Waals surface area contributed by atoms with Gasteiger partial charge in [-0.2, -0.15) is 0 Å². The number of hydrogen-bond acceptors (Lipinski definition) is 3. The Labute approximate surface area is 127 Å². The van der Waals surface area contributed by atoms with Gasteiger partial charge in [0.2, 0.25) is 5.91 Å². The Kier molecular flexibility index (Phi) is 4.99. The van der Waals surface area contributed by atoms with Crippen molar-refractivity contribution in [2.75, 3.05) is 0 Å². The van der Waals surface area contributed by atoms with Crippen molar-refractivity contribution >= 4 is 5.91 Å². The molecule has 1 aromatic heterocycles. The van der Waals surface area contributed by atoms with Crippen LogP contribution >= 0.6 is 0 Å². The third-order valence-corrected chi connectivity index (χ3v) is 4.23. The number of carbonyl (C=O) groups excluding carboxylic acids is 1. The van der Waals surface area contributed by atoms with Gasteiger partial charge in [-0.15, -0.1) is 0 Å². The summed E-state index contributed by atoms with van der Waals surface area (Å²) >= 11 is 0. The monoisotopic (exact) mass is 290 g/mol. The van der Waals surface area contributed by atoms with E-state index in [4.69, 9.17) is 5.11 Å². The van der Waals surface area contributed by atoms with Crippen LogP contribution in [0.2, 0.25) is 0 Å². The summed E-state index contributed by atoms with van der Waals surface area (Å²) in [6.07, 6.45) is 3.11. The van der Waals surface area contributed by atoms with Crippen LogP contribution < -0.4 is 5.32 Å². The number of nitrogens with zero attached hydrogens (tertiary/aromatic N) is 1. The molecule has 1 aromatic rings. The van der Waals surface area contributed by atoms with Crippen LogP contribution in [0.15, 0.2) is 18.2 Å². The molecule has 1 saturated carbocycles. The Morgan fingerprint density at radius 2 is 2.10 bits per heavy atom. The third kappa shape index (κ3) is 4.53. The van der Waals surface area contributed by atoms with Crippen molar-refractivity contribution in [1.82, 2.24) is 10.3 Å². The average molecular weight is 290 g/mol. The maximum Gasteiger partial charge on any atom is 0.223 e. The Morgan fingerprint density at radius 1 is 1.38 bits per heavy atom. The van der Waals surface area contributed by atoms with E-state index < -0.39 is 0 Å². The highest BCUT2D eigenvalue weighted by atomic mass is 16.3. The molecule has 4 nitrogen and oxygen atoms in total. The zero-order valence-corrected chi connectivity index (χ0v) is 13.2. The van der Waals surface area contributed by atoms with Gasteiger partial charge in [0.25, 0.3) is 0 Å². The zero-order valence-electron chi connectivity index (χ0n) is 13.2. The molecule has 1 aliphatic rings. The third-order valence-electron chi connectivity index (χ3n) is 4.23. The second-order valence-electron chi connectivity index (χ2n) is 7.11. The number of amides is 1. The van der Waals surface area contributed by atoms with E-state index in [1.807, 2.05) is 12.1 Å². The second kappa shape index (κ2) is 6.56. The number of aliphatic hydroxyl groups is 1. The van der Waals surface area contributed by atoms with Crippen molar-refractivity contribution < 1.29 is 9.90 Å². The fourth-order valence-electron chi connectivity index (χ4n) is 3.58. The van der Waals surface area contributed by atoms with Crippen LogP contribution in [0.1, 0.15) is 51.4 Å². The number of rotatable bonds is 4. The van der Waals surface area contributed by atoms with Crippen LogP contribution in [-0.4, -0.2) is 16.0 Å². The van der Waals surface area contributed by atoms with Crippen molar-refractivity contribution in [1.29, 1.82) is 0 Å². The van der Waals surface area contributed by atoms with Crippen LogP contribution in [0.3, 0.4) is 0 Å². The minimum absolute atomic E-state index is 0.0733. The van der Waals surface area contributed by atoms with Gasteiger partial charge in [0.05, 0.1) is 24.5 Å². The number of aliphatic hydroxyl groups excluding tert-OH is 1. The molecule has 1 heterocycles. The van der Waals surface area contributed by atoms with Gasteiger partial charge in [0, 0.05) is 5.92 Å². The minimum Gasteiger partial charge on any atom is -0.390 e. The molecule has 2 rings (SSSR count). The molecule has 0 saturated heterocycles. The van der Waals surface area contributed by atoms with E-state index >= 15 is 0 Å². The average Bonchev–Trinajstić information content (AvgIpc) is 2.42. The van der Waals surface area contributed by atoms with Crippen LogP contribution in [0.5, 0.6) is 0 Å². The summed E-state index contributed by atoms with van der Waals surface area (Å²) in [6, 6.07) is 5.50. The zero-order chi connectivity index (χ0) is 15.5. The van der Waals surface area contributed by atoms with Crippen LogP contribution in [0.4, 0.5) is 0 Å². The van der Waals surface area contributed by atoms with Gasteiger partial charge in [-0.1, -0.05) is 26.8 Å². The van der Waals surface area contributed by atoms with Crippen LogP contribution in [0, 0.1) is 17.3 Å². The topological polar surface area (TPSA) is 62.2 Å². The van der Waals surface area contributed by atoms with E-state index in [2.05, 4.69) is 31.1 Å². The van der Waals surface area contributed by atoms with Crippen molar-refractivity contribution in [3.05, 3.63) is 29.6 Å². The first-order chi connectivity index (χ1) is 9.89. The van der Waals surface area contributed by atoms with Gasteiger partial charge in [0.15, 0.2) is 0 Å². The van der Waals surface area contributed by atoms with Crippen molar-refractivity contribution in [2.45, 2.75) is 53.2 Å². The molecule has 0 aliphatic heterocycles. The maximum atomic E-state index is 12.4. The number of hydrogen-bond donors (Lipinski definition) is 2.